The Kier molecular flexibility index (Phi) is 3.73. The van der Waals surface area contributed by atoms with E-state index in [0.29, 0.717) is 39.1 Å². The Morgan fingerprint density at radius 2 is 2.04 bits per heavy atom. The summed E-state index contributed by atoms with van der Waals surface area (Å²) < 4.78 is 12.5. The van der Waals surface area contributed by atoms with Crippen LogP contribution in [0.1, 0.15) is 18.4 Å². The summed E-state index contributed by atoms with van der Waals surface area (Å²) >= 11 is 6.87. The first-order valence-corrected chi connectivity index (χ1v) is 10.2. The number of aromatic hydroxyl groups is 1. The van der Waals surface area contributed by atoms with E-state index in [0.717, 1.165) is 12.0 Å². The molecule has 138 valence electrons. The first kappa shape index (κ1) is 17.3. The molecule has 1 aromatic rings. The summed E-state index contributed by atoms with van der Waals surface area (Å²) in [6, 6.07) is 3.26. The van der Waals surface area contributed by atoms with Gasteiger partial charge in [0.2, 0.25) is 0 Å². The van der Waals surface area contributed by atoms with E-state index >= 15 is 0 Å². The Labute approximate surface area is 171 Å². The lowest BCUT2D eigenvalue weighted by Crippen LogP contribution is -2.41. The van der Waals surface area contributed by atoms with Gasteiger partial charge < -0.3 is 19.7 Å². The van der Waals surface area contributed by atoms with Gasteiger partial charge in [0.15, 0.2) is 11.4 Å². The minimum Gasteiger partial charge on any atom is -0.507 e. The third-order valence-corrected chi connectivity index (χ3v) is 7.09. The number of halogens is 2. The number of fused-ring (bicyclic) bond motifs is 4. The highest BCUT2D eigenvalue weighted by Crippen LogP contribution is 2.59. The maximum absolute atomic E-state index is 12.7. The molecule has 2 N–H and O–H groups in total. The van der Waals surface area contributed by atoms with Crippen LogP contribution in [0.2, 0.25) is 0 Å². The predicted molar refractivity (Wildman–Crippen MR) is 104 cm³/mol. The van der Waals surface area contributed by atoms with Crippen LogP contribution < -0.4 is 4.74 Å². The number of carbonyl (C=O) groups excluding carboxylic acids is 1. The molecule has 5 rings (SSSR count). The van der Waals surface area contributed by atoms with Gasteiger partial charge in [0.05, 0.1) is 6.10 Å². The number of hydrogen-bond acceptors (Lipinski definition) is 5. The Morgan fingerprint density at radius 1 is 1.22 bits per heavy atom. The van der Waals surface area contributed by atoms with Crippen LogP contribution in [0.15, 0.2) is 63.4 Å². The van der Waals surface area contributed by atoms with Crippen LogP contribution in [0.3, 0.4) is 0 Å². The van der Waals surface area contributed by atoms with Gasteiger partial charge in [-0.25, -0.2) is 4.79 Å². The molecule has 0 bridgehead atoms. The second kappa shape index (κ2) is 5.83. The average molecular weight is 494 g/mol. The van der Waals surface area contributed by atoms with E-state index in [1.165, 1.54) is 0 Å². The highest BCUT2D eigenvalue weighted by atomic mass is 79.9. The van der Waals surface area contributed by atoms with Crippen LogP contribution in [0, 0.1) is 0 Å². The highest BCUT2D eigenvalue weighted by Gasteiger charge is 2.56. The molecule has 5 nitrogen and oxygen atoms in total. The van der Waals surface area contributed by atoms with Crippen molar-refractivity contribution in [1.29, 1.82) is 0 Å². The molecule has 1 spiro atoms. The summed E-state index contributed by atoms with van der Waals surface area (Å²) in [4.78, 5) is 12.2. The van der Waals surface area contributed by atoms with Crippen LogP contribution in [0.25, 0.3) is 0 Å². The smallest absolute Gasteiger partial charge is 0.336 e. The fourth-order valence-corrected chi connectivity index (χ4v) is 5.06. The van der Waals surface area contributed by atoms with E-state index in [4.69, 9.17) is 9.47 Å². The number of aliphatic hydroxyl groups excluding tert-OH is 1. The molecule has 27 heavy (non-hydrogen) atoms. The number of benzene rings is 1. The summed E-state index contributed by atoms with van der Waals surface area (Å²) in [7, 11) is 0. The molecule has 2 aliphatic heterocycles. The SMILES string of the molecule is O=C1OC2(C3=C1CCC=C3)C1=C(Oc3c2ccc(O)c3Br)C(Br)C(O)C=C1. The molecule has 0 amide bonds. The number of aliphatic hydroxyl groups is 1. The number of alkyl halides is 1. The van der Waals surface area contributed by atoms with Crippen molar-refractivity contribution < 1.29 is 24.5 Å². The Hall–Kier alpha value is -1.83. The molecule has 3 unspecified atom stereocenters. The second-order valence-electron chi connectivity index (χ2n) is 6.81. The first-order chi connectivity index (χ1) is 12.9. The van der Waals surface area contributed by atoms with E-state index in [-0.39, 0.29) is 11.7 Å². The normalized spacial score (nSPS) is 30.9. The maximum Gasteiger partial charge on any atom is 0.336 e. The van der Waals surface area contributed by atoms with Crippen molar-refractivity contribution in [2.24, 2.45) is 0 Å². The fraction of sp³-hybridized carbons (Fsp3) is 0.250. The number of phenolic OH excluding ortho intramolecular Hbond substituents is 1. The Bertz CT molecular complexity index is 1020. The zero-order chi connectivity index (χ0) is 18.9. The lowest BCUT2D eigenvalue weighted by atomic mass is 9.73. The van der Waals surface area contributed by atoms with Gasteiger partial charge in [-0.05, 0) is 40.9 Å². The maximum atomic E-state index is 12.7. The molecule has 0 fully saturated rings. The molecule has 4 aliphatic rings. The third-order valence-electron chi connectivity index (χ3n) is 5.37. The molecular weight excluding hydrogens is 480 g/mol. The van der Waals surface area contributed by atoms with Crippen molar-refractivity contribution in [1.82, 2.24) is 0 Å². The minimum atomic E-state index is -1.16. The predicted octanol–water partition coefficient (Wildman–Crippen LogP) is 3.89. The van der Waals surface area contributed by atoms with Crippen LogP contribution in [-0.4, -0.2) is 27.1 Å². The largest absolute Gasteiger partial charge is 0.507 e. The number of allylic oxidation sites excluding steroid dienone is 1. The number of hydrogen-bond donors (Lipinski definition) is 2. The standard InChI is InChI=1S/C20H14Br2O5/c21-15-13(23)7-5-11-17(15)26-18-12(6-8-14(24)16(18)22)20(11)10-4-2-1-3-9(10)19(25)27-20/h2,4-8,13,15,23-24H,1,3H2. The summed E-state index contributed by atoms with van der Waals surface area (Å²) in [6.07, 6.45) is 8.00. The molecule has 2 aliphatic carbocycles. The second-order valence-corrected chi connectivity index (χ2v) is 8.59. The van der Waals surface area contributed by atoms with Crippen molar-refractivity contribution in [3.8, 4) is 11.5 Å². The van der Waals surface area contributed by atoms with E-state index in [1.807, 2.05) is 12.2 Å². The number of esters is 1. The van der Waals surface area contributed by atoms with Crippen molar-refractivity contribution in [3.05, 3.63) is 69.0 Å². The molecular formula is C20H14Br2O5. The van der Waals surface area contributed by atoms with Gasteiger partial charge >= 0.3 is 5.97 Å². The zero-order valence-electron chi connectivity index (χ0n) is 13.9. The summed E-state index contributed by atoms with van der Waals surface area (Å²) in [5, 5.41) is 20.4. The Morgan fingerprint density at radius 3 is 2.85 bits per heavy atom. The van der Waals surface area contributed by atoms with E-state index in [1.54, 1.807) is 24.3 Å². The van der Waals surface area contributed by atoms with Crippen molar-refractivity contribution in [2.45, 2.75) is 29.4 Å². The molecule has 0 saturated heterocycles. The number of phenols is 1. The molecule has 0 aromatic heterocycles. The summed E-state index contributed by atoms with van der Waals surface area (Å²) in [6.45, 7) is 0. The average Bonchev–Trinajstić information content (AvgIpc) is 2.96. The van der Waals surface area contributed by atoms with Crippen LogP contribution in [-0.2, 0) is 15.1 Å². The lowest BCUT2D eigenvalue weighted by Gasteiger charge is -2.41. The monoisotopic (exact) mass is 492 g/mol. The molecule has 0 radical (unpaired) electrons. The number of carbonyl (C=O) groups is 1. The van der Waals surface area contributed by atoms with E-state index < -0.39 is 16.5 Å². The lowest BCUT2D eigenvalue weighted by molar-refractivity contribution is -0.145. The van der Waals surface area contributed by atoms with Gasteiger partial charge in [0.25, 0.3) is 0 Å². The van der Waals surface area contributed by atoms with Gasteiger partial charge in [0.1, 0.15) is 20.8 Å². The minimum absolute atomic E-state index is 0.0173. The van der Waals surface area contributed by atoms with E-state index in [2.05, 4.69) is 31.9 Å². The molecule has 7 heteroatoms. The number of rotatable bonds is 0. The third kappa shape index (κ3) is 2.16. The topological polar surface area (TPSA) is 76.0 Å². The first-order valence-electron chi connectivity index (χ1n) is 8.53. The van der Waals surface area contributed by atoms with Gasteiger partial charge in [0, 0.05) is 22.3 Å². The summed E-state index contributed by atoms with van der Waals surface area (Å²) in [5.41, 5.74) is 1.59. The van der Waals surface area contributed by atoms with Gasteiger partial charge in [-0.15, -0.1) is 0 Å². The highest BCUT2D eigenvalue weighted by molar-refractivity contribution is 9.10. The van der Waals surface area contributed by atoms with Gasteiger partial charge in [-0.3, -0.25) is 0 Å². The van der Waals surface area contributed by atoms with Crippen molar-refractivity contribution in [2.75, 3.05) is 0 Å². The fourth-order valence-electron chi connectivity index (χ4n) is 4.12. The zero-order valence-corrected chi connectivity index (χ0v) is 17.1. The summed E-state index contributed by atoms with van der Waals surface area (Å²) in [5.74, 6) is 0.512. The van der Waals surface area contributed by atoms with Crippen LogP contribution >= 0.6 is 31.9 Å². The number of ether oxygens (including phenoxy) is 2. The quantitative estimate of drug-likeness (QED) is 0.423. The van der Waals surface area contributed by atoms with Crippen LogP contribution in [0.5, 0.6) is 11.5 Å². The Balaban J connectivity index is 1.87. The molecule has 0 saturated carbocycles. The van der Waals surface area contributed by atoms with Gasteiger partial charge in [-0.2, -0.15) is 0 Å². The van der Waals surface area contributed by atoms with E-state index in [9.17, 15) is 15.0 Å². The van der Waals surface area contributed by atoms with Crippen molar-refractivity contribution >= 4 is 37.8 Å². The van der Waals surface area contributed by atoms with Crippen LogP contribution in [0.4, 0.5) is 0 Å². The van der Waals surface area contributed by atoms with Gasteiger partial charge in [-0.1, -0.05) is 40.2 Å². The van der Waals surface area contributed by atoms with Crippen molar-refractivity contribution in [3.63, 3.8) is 0 Å². The molecule has 1 aromatic carbocycles. The molecule has 2 heterocycles. The molecule has 3 atom stereocenters.